The second-order valence-corrected chi connectivity index (χ2v) is 11.2. The zero-order chi connectivity index (χ0) is 27.4. The Kier molecular flexibility index (Phi) is 8.18. The highest BCUT2D eigenvalue weighted by Gasteiger charge is 2.23. The Hall–Kier alpha value is -3.83. The number of carboxylic acids is 1. The van der Waals surface area contributed by atoms with Gasteiger partial charge in [-0.3, -0.25) is 4.79 Å². The van der Waals surface area contributed by atoms with E-state index >= 15 is 0 Å². The largest absolute Gasteiger partial charge is 0.480 e. The van der Waals surface area contributed by atoms with Crippen LogP contribution in [0.4, 0.5) is 0 Å². The van der Waals surface area contributed by atoms with Gasteiger partial charge in [0.25, 0.3) is 5.91 Å². The van der Waals surface area contributed by atoms with Crippen molar-refractivity contribution in [2.24, 2.45) is 0 Å². The maximum atomic E-state index is 13.3. The Morgan fingerprint density at radius 3 is 2.23 bits per heavy atom. The first-order valence-electron chi connectivity index (χ1n) is 13.4. The Labute approximate surface area is 234 Å². The highest BCUT2D eigenvalue weighted by molar-refractivity contribution is 7.98. The predicted octanol–water partition coefficient (Wildman–Crippen LogP) is 6.95. The molecule has 1 atom stereocenters. The van der Waals surface area contributed by atoms with Crippen LogP contribution < -0.4 is 5.32 Å². The van der Waals surface area contributed by atoms with E-state index in [-0.39, 0.29) is 5.91 Å². The number of nitrogens with one attached hydrogen (secondary N) is 1. The molecule has 1 aliphatic carbocycles. The molecule has 0 spiro atoms. The topological polar surface area (TPSA) is 66.4 Å². The highest BCUT2D eigenvalue weighted by atomic mass is 32.2. The number of amides is 1. The molecule has 2 N–H and O–H groups in total. The molecule has 0 radical (unpaired) electrons. The SMILES string of the molecule is CSCCC(NC(=O)c1ccc(CCc2ccc3c(c2)Cc2ccccc2-3)cc1-c1ccccc1C)C(=O)O. The summed E-state index contributed by atoms with van der Waals surface area (Å²) in [7, 11) is 0. The fourth-order valence-electron chi connectivity index (χ4n) is 5.41. The van der Waals surface area contributed by atoms with Gasteiger partial charge in [0.05, 0.1) is 0 Å². The zero-order valence-corrected chi connectivity index (χ0v) is 23.2. The first-order valence-corrected chi connectivity index (χ1v) is 14.8. The number of aryl methyl sites for hydroxylation is 3. The van der Waals surface area contributed by atoms with Crippen molar-refractivity contribution < 1.29 is 14.7 Å². The Morgan fingerprint density at radius 1 is 0.821 bits per heavy atom. The number of rotatable bonds is 10. The second kappa shape index (κ2) is 11.9. The van der Waals surface area contributed by atoms with E-state index in [1.807, 2.05) is 49.6 Å². The quantitative estimate of drug-likeness (QED) is 0.203. The molecule has 0 heterocycles. The number of hydrogen-bond acceptors (Lipinski definition) is 3. The van der Waals surface area contributed by atoms with Gasteiger partial charge in [-0.25, -0.2) is 4.79 Å². The molecule has 198 valence electrons. The summed E-state index contributed by atoms with van der Waals surface area (Å²) in [5, 5.41) is 12.4. The number of carboxylic acid groups (broad SMARTS) is 1. The summed E-state index contributed by atoms with van der Waals surface area (Å²) in [6, 6.07) is 28.5. The van der Waals surface area contributed by atoms with Gasteiger partial charge in [0.2, 0.25) is 0 Å². The molecular formula is C34H33NO3S. The molecule has 5 heteroatoms. The van der Waals surface area contributed by atoms with Crippen LogP contribution in [0.1, 0.15) is 44.6 Å². The van der Waals surface area contributed by atoms with E-state index in [9.17, 15) is 14.7 Å². The van der Waals surface area contributed by atoms with E-state index in [2.05, 4.69) is 53.8 Å². The lowest BCUT2D eigenvalue weighted by atomic mass is 9.91. The van der Waals surface area contributed by atoms with E-state index < -0.39 is 12.0 Å². The average molecular weight is 536 g/mol. The molecule has 0 aromatic heterocycles. The number of aliphatic carboxylic acids is 1. The van der Waals surface area contributed by atoms with Crippen LogP contribution in [0.2, 0.25) is 0 Å². The number of carbonyl (C=O) groups is 2. The average Bonchev–Trinajstić information content (AvgIpc) is 3.32. The van der Waals surface area contributed by atoms with Gasteiger partial charge in [0.15, 0.2) is 0 Å². The van der Waals surface area contributed by atoms with Crippen molar-refractivity contribution >= 4 is 23.6 Å². The summed E-state index contributed by atoms with van der Waals surface area (Å²) < 4.78 is 0. The molecule has 0 aliphatic heterocycles. The Morgan fingerprint density at radius 2 is 1.49 bits per heavy atom. The lowest BCUT2D eigenvalue weighted by Crippen LogP contribution is -2.41. The van der Waals surface area contributed by atoms with Crippen LogP contribution in [0.15, 0.2) is 84.9 Å². The lowest BCUT2D eigenvalue weighted by molar-refractivity contribution is -0.139. The van der Waals surface area contributed by atoms with E-state index in [1.165, 1.54) is 27.8 Å². The van der Waals surface area contributed by atoms with Crippen molar-refractivity contribution in [2.45, 2.75) is 38.6 Å². The fourth-order valence-corrected chi connectivity index (χ4v) is 5.89. The van der Waals surface area contributed by atoms with Gasteiger partial charge >= 0.3 is 5.97 Å². The summed E-state index contributed by atoms with van der Waals surface area (Å²) >= 11 is 1.57. The molecule has 4 aromatic carbocycles. The van der Waals surface area contributed by atoms with E-state index in [0.29, 0.717) is 17.7 Å². The second-order valence-electron chi connectivity index (χ2n) is 10.2. The minimum absolute atomic E-state index is 0.355. The van der Waals surface area contributed by atoms with Crippen molar-refractivity contribution in [3.63, 3.8) is 0 Å². The third-order valence-corrected chi connectivity index (χ3v) is 8.18. The maximum Gasteiger partial charge on any atom is 0.326 e. The number of thioether (sulfide) groups is 1. The minimum atomic E-state index is -1.01. The van der Waals surface area contributed by atoms with Crippen molar-refractivity contribution in [3.05, 3.63) is 118 Å². The van der Waals surface area contributed by atoms with Gasteiger partial charge in [-0.2, -0.15) is 11.8 Å². The molecular weight excluding hydrogens is 502 g/mol. The molecule has 0 saturated heterocycles. The molecule has 1 amide bonds. The standard InChI is InChI=1S/C34H33NO3S/c1-22-7-3-5-9-27(22)31-20-24(14-16-30(31)33(36)35-32(34(37)38)17-18-39-2)12-11-23-13-15-29-26(19-23)21-25-8-4-6-10-28(25)29/h3-10,13-16,19-20,32H,11-12,17-18,21H2,1-2H3,(H,35,36)(H,37,38). The van der Waals surface area contributed by atoms with Crippen LogP contribution in [0.25, 0.3) is 22.3 Å². The third kappa shape index (κ3) is 5.94. The predicted molar refractivity (Wildman–Crippen MR) is 161 cm³/mol. The van der Waals surface area contributed by atoms with Gasteiger partial charge < -0.3 is 10.4 Å². The molecule has 0 saturated carbocycles. The number of carbonyl (C=O) groups excluding carboxylic acids is 1. The van der Waals surface area contributed by atoms with Crippen LogP contribution >= 0.6 is 11.8 Å². The monoisotopic (exact) mass is 535 g/mol. The molecule has 4 nitrogen and oxygen atoms in total. The van der Waals surface area contributed by atoms with Crippen LogP contribution in [-0.2, 0) is 24.1 Å². The van der Waals surface area contributed by atoms with Crippen LogP contribution in [0.5, 0.6) is 0 Å². The Balaban J connectivity index is 1.39. The number of hydrogen-bond donors (Lipinski definition) is 2. The normalized spacial score (nSPS) is 12.5. The van der Waals surface area contributed by atoms with E-state index in [0.717, 1.165) is 41.5 Å². The Bertz CT molecular complexity index is 1530. The summed E-state index contributed by atoms with van der Waals surface area (Å²) in [5.41, 5.74) is 11.3. The van der Waals surface area contributed by atoms with Gasteiger partial charge in [-0.1, -0.05) is 78.9 Å². The van der Waals surface area contributed by atoms with Crippen molar-refractivity contribution in [2.75, 3.05) is 12.0 Å². The molecule has 1 aliphatic rings. The lowest BCUT2D eigenvalue weighted by Gasteiger charge is -2.18. The van der Waals surface area contributed by atoms with Gasteiger partial charge in [0.1, 0.15) is 6.04 Å². The van der Waals surface area contributed by atoms with E-state index in [1.54, 1.807) is 11.8 Å². The van der Waals surface area contributed by atoms with Gasteiger partial charge in [0, 0.05) is 5.56 Å². The highest BCUT2D eigenvalue weighted by Crippen LogP contribution is 2.37. The van der Waals surface area contributed by atoms with Crippen molar-refractivity contribution in [1.82, 2.24) is 5.32 Å². The van der Waals surface area contributed by atoms with Crippen molar-refractivity contribution in [1.29, 1.82) is 0 Å². The third-order valence-electron chi connectivity index (χ3n) is 7.54. The van der Waals surface area contributed by atoms with Gasteiger partial charge in [-0.05, 0) is 101 Å². The zero-order valence-electron chi connectivity index (χ0n) is 22.4. The van der Waals surface area contributed by atoms with Crippen LogP contribution in [-0.4, -0.2) is 35.0 Å². The van der Waals surface area contributed by atoms with Crippen LogP contribution in [0, 0.1) is 6.92 Å². The molecule has 39 heavy (non-hydrogen) atoms. The first kappa shape index (κ1) is 26.8. The van der Waals surface area contributed by atoms with Crippen molar-refractivity contribution in [3.8, 4) is 22.3 Å². The molecule has 5 rings (SSSR count). The molecule has 4 aromatic rings. The minimum Gasteiger partial charge on any atom is -0.480 e. The number of benzene rings is 4. The summed E-state index contributed by atoms with van der Waals surface area (Å²) in [6.07, 6.45) is 5.04. The van der Waals surface area contributed by atoms with E-state index in [4.69, 9.17) is 0 Å². The summed E-state index contributed by atoms with van der Waals surface area (Å²) in [4.78, 5) is 25.1. The number of fused-ring (bicyclic) bond motifs is 3. The van der Waals surface area contributed by atoms with Crippen LogP contribution in [0.3, 0.4) is 0 Å². The van der Waals surface area contributed by atoms with Gasteiger partial charge in [-0.15, -0.1) is 0 Å². The summed E-state index contributed by atoms with van der Waals surface area (Å²) in [5.74, 6) is -0.703. The maximum absolute atomic E-state index is 13.3. The molecule has 1 unspecified atom stereocenters. The fraction of sp³-hybridized carbons (Fsp3) is 0.235. The smallest absolute Gasteiger partial charge is 0.326 e. The molecule has 0 bridgehead atoms. The summed E-state index contributed by atoms with van der Waals surface area (Å²) in [6.45, 7) is 2.03. The first-order chi connectivity index (χ1) is 18.9. The molecule has 0 fully saturated rings.